The van der Waals surface area contributed by atoms with Crippen molar-refractivity contribution in [2.75, 3.05) is 12.4 Å². The molecule has 7 heteroatoms. The Morgan fingerprint density at radius 3 is 2.62 bits per heavy atom. The van der Waals surface area contributed by atoms with Crippen molar-refractivity contribution in [3.63, 3.8) is 0 Å². The summed E-state index contributed by atoms with van der Waals surface area (Å²) >= 11 is 5.79. The molecule has 1 aromatic rings. The van der Waals surface area contributed by atoms with E-state index in [1.165, 1.54) is 25.3 Å². The van der Waals surface area contributed by atoms with Gasteiger partial charge in [0.05, 0.1) is 12.1 Å². The molecule has 16 heavy (non-hydrogen) atoms. The Bertz CT molecular complexity index is 422. The van der Waals surface area contributed by atoms with Crippen molar-refractivity contribution in [2.24, 2.45) is 5.84 Å². The third kappa shape index (κ3) is 2.85. The molecule has 2 amide bonds. The van der Waals surface area contributed by atoms with Gasteiger partial charge in [0.25, 0.3) is 0 Å². The Labute approximate surface area is 96.7 Å². The van der Waals surface area contributed by atoms with Gasteiger partial charge >= 0.3 is 11.8 Å². The van der Waals surface area contributed by atoms with Crippen molar-refractivity contribution in [3.8, 4) is 5.75 Å². The van der Waals surface area contributed by atoms with Crippen molar-refractivity contribution in [1.29, 1.82) is 0 Å². The summed E-state index contributed by atoms with van der Waals surface area (Å²) in [5.74, 6) is 3.39. The SMILES string of the molecule is COc1cc(NC(=O)C(=O)NN)ccc1Cl. The van der Waals surface area contributed by atoms with Gasteiger partial charge in [-0.1, -0.05) is 11.6 Å². The van der Waals surface area contributed by atoms with Crippen LogP contribution < -0.4 is 21.3 Å². The van der Waals surface area contributed by atoms with Crippen molar-refractivity contribution < 1.29 is 14.3 Å². The van der Waals surface area contributed by atoms with Gasteiger partial charge in [0.2, 0.25) is 0 Å². The number of hydrogen-bond acceptors (Lipinski definition) is 4. The lowest BCUT2D eigenvalue weighted by molar-refractivity contribution is -0.136. The van der Waals surface area contributed by atoms with Gasteiger partial charge in [0.1, 0.15) is 5.75 Å². The van der Waals surface area contributed by atoms with Gasteiger partial charge in [-0.05, 0) is 12.1 Å². The highest BCUT2D eigenvalue weighted by Gasteiger charge is 2.12. The van der Waals surface area contributed by atoms with Crippen LogP contribution in [0.3, 0.4) is 0 Å². The van der Waals surface area contributed by atoms with E-state index in [-0.39, 0.29) is 0 Å². The number of nitrogens with one attached hydrogen (secondary N) is 2. The molecule has 86 valence electrons. The molecular formula is C9H10ClN3O3. The van der Waals surface area contributed by atoms with Gasteiger partial charge in [0.15, 0.2) is 0 Å². The summed E-state index contributed by atoms with van der Waals surface area (Å²) in [4.78, 5) is 22.0. The van der Waals surface area contributed by atoms with Crippen LogP contribution in [0.25, 0.3) is 0 Å². The first-order valence-electron chi connectivity index (χ1n) is 4.24. The number of benzene rings is 1. The number of nitrogens with two attached hydrogens (primary N) is 1. The van der Waals surface area contributed by atoms with Crippen LogP contribution in [0.2, 0.25) is 5.02 Å². The molecule has 0 atom stereocenters. The average Bonchev–Trinajstić information content (AvgIpc) is 2.30. The summed E-state index contributed by atoms with van der Waals surface area (Å²) in [5.41, 5.74) is 2.10. The normalized spacial score (nSPS) is 9.44. The molecule has 0 spiro atoms. The van der Waals surface area contributed by atoms with E-state index in [2.05, 4.69) is 5.32 Å². The standard InChI is InChI=1S/C9H10ClN3O3/c1-16-7-4-5(2-3-6(7)10)12-8(14)9(15)13-11/h2-4H,11H2,1H3,(H,12,14)(H,13,15). The van der Waals surface area contributed by atoms with E-state index in [9.17, 15) is 9.59 Å². The molecule has 0 aliphatic heterocycles. The zero-order valence-corrected chi connectivity index (χ0v) is 9.17. The second-order valence-corrected chi connectivity index (χ2v) is 3.18. The summed E-state index contributed by atoms with van der Waals surface area (Å²) in [6.45, 7) is 0. The Morgan fingerprint density at radius 2 is 2.06 bits per heavy atom. The Morgan fingerprint density at radius 1 is 1.38 bits per heavy atom. The summed E-state index contributed by atoms with van der Waals surface area (Å²) in [6.07, 6.45) is 0. The van der Waals surface area contributed by atoms with Crippen LogP contribution in [0.5, 0.6) is 5.75 Å². The third-order valence-corrected chi connectivity index (χ3v) is 2.06. The monoisotopic (exact) mass is 243 g/mol. The second-order valence-electron chi connectivity index (χ2n) is 2.78. The number of anilines is 1. The van der Waals surface area contributed by atoms with Crippen LogP contribution in [-0.2, 0) is 9.59 Å². The number of hydrazine groups is 1. The van der Waals surface area contributed by atoms with Crippen LogP contribution in [0.4, 0.5) is 5.69 Å². The topological polar surface area (TPSA) is 93.4 Å². The van der Waals surface area contributed by atoms with Crippen molar-refractivity contribution in [3.05, 3.63) is 23.2 Å². The first kappa shape index (κ1) is 12.3. The third-order valence-electron chi connectivity index (χ3n) is 1.75. The van der Waals surface area contributed by atoms with Gasteiger partial charge in [-0.3, -0.25) is 15.0 Å². The summed E-state index contributed by atoms with van der Waals surface area (Å²) < 4.78 is 4.95. The molecule has 1 rings (SSSR count). The quantitative estimate of drug-likeness (QED) is 0.301. The van der Waals surface area contributed by atoms with Crippen LogP contribution in [-0.4, -0.2) is 18.9 Å². The van der Waals surface area contributed by atoms with Crippen molar-refractivity contribution in [2.45, 2.75) is 0 Å². The molecule has 0 aromatic heterocycles. The number of ether oxygens (including phenoxy) is 1. The lowest BCUT2D eigenvalue weighted by Gasteiger charge is -2.07. The van der Waals surface area contributed by atoms with E-state index >= 15 is 0 Å². The summed E-state index contributed by atoms with van der Waals surface area (Å²) in [6, 6.07) is 4.56. The molecule has 4 N–H and O–H groups in total. The highest BCUT2D eigenvalue weighted by molar-refractivity contribution is 6.39. The number of carbonyl (C=O) groups is 2. The molecule has 0 heterocycles. The van der Waals surface area contributed by atoms with E-state index in [1.807, 2.05) is 0 Å². The first-order chi connectivity index (χ1) is 7.58. The fourth-order valence-electron chi connectivity index (χ4n) is 0.991. The van der Waals surface area contributed by atoms with E-state index in [1.54, 1.807) is 5.43 Å². The maximum Gasteiger partial charge on any atom is 0.323 e. The van der Waals surface area contributed by atoms with Gasteiger partial charge in [-0.25, -0.2) is 5.84 Å². The van der Waals surface area contributed by atoms with Crippen LogP contribution in [0, 0.1) is 0 Å². The first-order valence-corrected chi connectivity index (χ1v) is 4.61. The lowest BCUT2D eigenvalue weighted by Crippen LogP contribution is -2.39. The van der Waals surface area contributed by atoms with Crippen LogP contribution >= 0.6 is 11.6 Å². The van der Waals surface area contributed by atoms with E-state index < -0.39 is 11.8 Å². The molecule has 0 radical (unpaired) electrons. The number of amides is 2. The molecule has 0 unspecified atom stereocenters. The van der Waals surface area contributed by atoms with Gasteiger partial charge < -0.3 is 10.1 Å². The highest BCUT2D eigenvalue weighted by atomic mass is 35.5. The predicted octanol–water partition coefficient (Wildman–Crippen LogP) is 0.277. The average molecular weight is 244 g/mol. The highest BCUT2D eigenvalue weighted by Crippen LogP contribution is 2.27. The lowest BCUT2D eigenvalue weighted by atomic mass is 10.3. The molecule has 0 saturated carbocycles. The number of halogens is 1. The zero-order valence-electron chi connectivity index (χ0n) is 8.41. The fraction of sp³-hybridized carbons (Fsp3) is 0.111. The van der Waals surface area contributed by atoms with Gasteiger partial charge in [0, 0.05) is 11.8 Å². The minimum Gasteiger partial charge on any atom is -0.495 e. The zero-order chi connectivity index (χ0) is 12.1. The van der Waals surface area contributed by atoms with Crippen molar-refractivity contribution >= 4 is 29.1 Å². The molecule has 0 aliphatic carbocycles. The molecule has 0 aliphatic rings. The Hall–Kier alpha value is -1.79. The summed E-state index contributed by atoms with van der Waals surface area (Å²) in [7, 11) is 1.44. The molecule has 0 fully saturated rings. The van der Waals surface area contributed by atoms with E-state index in [0.717, 1.165) is 0 Å². The molecule has 6 nitrogen and oxygen atoms in total. The summed E-state index contributed by atoms with van der Waals surface area (Å²) in [5, 5.41) is 2.73. The molecular weight excluding hydrogens is 234 g/mol. The van der Waals surface area contributed by atoms with Crippen LogP contribution in [0.15, 0.2) is 18.2 Å². The number of carbonyl (C=O) groups excluding carboxylic acids is 2. The largest absolute Gasteiger partial charge is 0.495 e. The van der Waals surface area contributed by atoms with Crippen molar-refractivity contribution in [1.82, 2.24) is 5.43 Å². The number of hydrogen-bond donors (Lipinski definition) is 3. The Balaban J connectivity index is 2.82. The molecule has 0 saturated heterocycles. The predicted molar refractivity (Wildman–Crippen MR) is 59.0 cm³/mol. The smallest absolute Gasteiger partial charge is 0.323 e. The van der Waals surface area contributed by atoms with E-state index in [4.69, 9.17) is 22.2 Å². The molecule has 1 aromatic carbocycles. The fourth-order valence-corrected chi connectivity index (χ4v) is 1.19. The maximum absolute atomic E-state index is 11.2. The van der Waals surface area contributed by atoms with Gasteiger partial charge in [-0.2, -0.15) is 0 Å². The van der Waals surface area contributed by atoms with Crippen LogP contribution in [0.1, 0.15) is 0 Å². The number of methoxy groups -OCH3 is 1. The molecule has 0 bridgehead atoms. The Kier molecular flexibility index (Phi) is 4.10. The van der Waals surface area contributed by atoms with Gasteiger partial charge in [-0.15, -0.1) is 0 Å². The van der Waals surface area contributed by atoms with E-state index in [0.29, 0.717) is 16.5 Å². The minimum absolute atomic E-state index is 0.384. The second kappa shape index (κ2) is 5.34. The number of rotatable bonds is 2. The minimum atomic E-state index is -0.936. The maximum atomic E-state index is 11.2.